The smallest absolute Gasteiger partial charge is 0.311 e. The van der Waals surface area contributed by atoms with Gasteiger partial charge in [-0.25, -0.2) is 0 Å². The SMILES string of the molecule is CC(C)(C)C(=O)OCCOCCOCCOCCOCCOCCOCCOCCN1C(=O)C=CC1=O. The fraction of sp³-hybridized carbons (Fsp3) is 0.800. The average molecular weight is 534 g/mol. The van der Waals surface area contributed by atoms with Gasteiger partial charge in [-0.05, 0) is 20.8 Å². The Labute approximate surface area is 219 Å². The molecule has 0 saturated heterocycles. The Hall–Kier alpha value is -1.93. The van der Waals surface area contributed by atoms with E-state index in [1.54, 1.807) is 0 Å². The van der Waals surface area contributed by atoms with Crippen LogP contribution in [0.15, 0.2) is 12.2 Å². The van der Waals surface area contributed by atoms with Gasteiger partial charge in [0.2, 0.25) is 0 Å². The predicted molar refractivity (Wildman–Crippen MR) is 132 cm³/mol. The minimum absolute atomic E-state index is 0.238. The highest BCUT2D eigenvalue weighted by Gasteiger charge is 2.23. The van der Waals surface area contributed by atoms with Crippen LogP contribution >= 0.6 is 0 Å². The second kappa shape index (κ2) is 21.1. The number of amides is 2. The number of esters is 1. The molecule has 0 bridgehead atoms. The molecular formula is C25H43NO11. The molecule has 0 radical (unpaired) electrons. The van der Waals surface area contributed by atoms with E-state index in [1.165, 1.54) is 12.2 Å². The van der Waals surface area contributed by atoms with Crippen LogP contribution in [-0.2, 0) is 52.3 Å². The van der Waals surface area contributed by atoms with E-state index >= 15 is 0 Å². The van der Waals surface area contributed by atoms with Crippen molar-refractivity contribution in [1.29, 1.82) is 0 Å². The Morgan fingerprint density at radius 3 is 1.19 bits per heavy atom. The Morgan fingerprint density at radius 2 is 0.865 bits per heavy atom. The molecule has 214 valence electrons. The van der Waals surface area contributed by atoms with Crippen LogP contribution in [-0.4, -0.2) is 128 Å². The Bertz CT molecular complexity index is 646. The fourth-order valence-electron chi connectivity index (χ4n) is 2.64. The van der Waals surface area contributed by atoms with Crippen molar-refractivity contribution in [3.8, 4) is 0 Å². The minimum Gasteiger partial charge on any atom is -0.463 e. The number of carbonyl (C=O) groups excluding carboxylic acids is 3. The fourth-order valence-corrected chi connectivity index (χ4v) is 2.64. The summed E-state index contributed by atoms with van der Waals surface area (Å²) in [6.45, 7) is 11.9. The standard InChI is InChI=1S/C25H43NO11/c1-25(2,3)24(29)37-21-20-36-19-18-35-17-16-34-15-14-33-13-12-32-11-10-31-9-8-30-7-6-26-22(27)4-5-23(26)28/h4-5H,6-21H2,1-3H3. The molecule has 37 heavy (non-hydrogen) atoms. The van der Waals surface area contributed by atoms with E-state index in [-0.39, 0.29) is 37.5 Å². The Balaban J connectivity index is 1.69. The van der Waals surface area contributed by atoms with Crippen LogP contribution in [0.1, 0.15) is 20.8 Å². The lowest BCUT2D eigenvalue weighted by Crippen LogP contribution is -2.33. The van der Waals surface area contributed by atoms with Crippen LogP contribution in [0.3, 0.4) is 0 Å². The summed E-state index contributed by atoms with van der Waals surface area (Å²) in [4.78, 5) is 35.4. The normalized spacial score (nSPS) is 13.6. The number of rotatable bonds is 24. The van der Waals surface area contributed by atoms with Crippen molar-refractivity contribution in [3.63, 3.8) is 0 Å². The maximum Gasteiger partial charge on any atom is 0.311 e. The molecule has 0 spiro atoms. The highest BCUT2D eigenvalue weighted by molar-refractivity contribution is 6.12. The molecular weight excluding hydrogens is 490 g/mol. The number of nitrogens with zero attached hydrogens (tertiary/aromatic N) is 1. The van der Waals surface area contributed by atoms with Crippen LogP contribution in [0.5, 0.6) is 0 Å². The van der Waals surface area contributed by atoms with E-state index in [4.69, 9.17) is 37.9 Å². The minimum atomic E-state index is -0.502. The van der Waals surface area contributed by atoms with E-state index < -0.39 is 5.41 Å². The molecule has 0 unspecified atom stereocenters. The lowest BCUT2D eigenvalue weighted by molar-refractivity contribution is -0.154. The van der Waals surface area contributed by atoms with Gasteiger partial charge in [0.25, 0.3) is 11.8 Å². The molecule has 12 nitrogen and oxygen atoms in total. The molecule has 0 atom stereocenters. The van der Waals surface area contributed by atoms with Crippen LogP contribution in [0.4, 0.5) is 0 Å². The molecule has 0 aromatic carbocycles. The molecule has 0 aromatic heterocycles. The summed E-state index contributed by atoms with van der Waals surface area (Å²) in [6, 6.07) is 0. The van der Waals surface area contributed by atoms with Crippen LogP contribution < -0.4 is 0 Å². The van der Waals surface area contributed by atoms with Crippen molar-refractivity contribution in [3.05, 3.63) is 12.2 Å². The van der Waals surface area contributed by atoms with E-state index in [2.05, 4.69) is 0 Å². The maximum atomic E-state index is 11.6. The van der Waals surface area contributed by atoms with Gasteiger partial charge >= 0.3 is 5.97 Å². The number of ether oxygens (including phenoxy) is 8. The molecule has 2 amide bonds. The highest BCUT2D eigenvalue weighted by Crippen LogP contribution is 2.14. The van der Waals surface area contributed by atoms with E-state index in [9.17, 15) is 14.4 Å². The topological polar surface area (TPSA) is 128 Å². The number of imide groups is 1. The van der Waals surface area contributed by atoms with Gasteiger partial charge in [0.05, 0.1) is 104 Å². The van der Waals surface area contributed by atoms with Crippen molar-refractivity contribution in [2.45, 2.75) is 20.8 Å². The summed E-state index contributed by atoms with van der Waals surface area (Å²) >= 11 is 0. The van der Waals surface area contributed by atoms with E-state index in [0.717, 1.165) is 4.90 Å². The van der Waals surface area contributed by atoms with E-state index in [1.807, 2.05) is 20.8 Å². The zero-order valence-electron chi connectivity index (χ0n) is 22.4. The third kappa shape index (κ3) is 18.0. The second-order valence-electron chi connectivity index (χ2n) is 8.83. The molecule has 0 N–H and O–H groups in total. The zero-order valence-corrected chi connectivity index (χ0v) is 22.4. The first-order chi connectivity index (χ1) is 17.8. The van der Waals surface area contributed by atoms with Crippen molar-refractivity contribution in [2.24, 2.45) is 5.41 Å². The summed E-state index contributed by atoms with van der Waals surface area (Å²) in [5, 5.41) is 0. The van der Waals surface area contributed by atoms with Crippen LogP contribution in [0.2, 0.25) is 0 Å². The van der Waals surface area contributed by atoms with Crippen LogP contribution in [0.25, 0.3) is 0 Å². The van der Waals surface area contributed by atoms with Crippen molar-refractivity contribution in [2.75, 3.05) is 106 Å². The molecule has 1 heterocycles. The molecule has 1 aliphatic heterocycles. The first-order valence-corrected chi connectivity index (χ1v) is 12.6. The lowest BCUT2D eigenvalue weighted by atomic mass is 9.97. The summed E-state index contributed by atoms with van der Waals surface area (Å²) in [7, 11) is 0. The van der Waals surface area contributed by atoms with Gasteiger partial charge < -0.3 is 37.9 Å². The summed E-state index contributed by atoms with van der Waals surface area (Å²) in [6.07, 6.45) is 2.50. The predicted octanol–water partition coefficient (Wildman–Crippen LogP) is 0.617. The average Bonchev–Trinajstić information content (AvgIpc) is 3.18. The quantitative estimate of drug-likeness (QED) is 0.0984. The third-order valence-corrected chi connectivity index (χ3v) is 4.67. The van der Waals surface area contributed by atoms with Gasteiger partial charge in [0.15, 0.2) is 0 Å². The second-order valence-corrected chi connectivity index (χ2v) is 8.83. The van der Waals surface area contributed by atoms with Crippen molar-refractivity contribution < 1.29 is 52.3 Å². The largest absolute Gasteiger partial charge is 0.463 e. The third-order valence-electron chi connectivity index (χ3n) is 4.67. The number of hydrogen-bond acceptors (Lipinski definition) is 11. The first kappa shape index (κ1) is 33.1. The van der Waals surface area contributed by atoms with Crippen molar-refractivity contribution in [1.82, 2.24) is 4.90 Å². The van der Waals surface area contributed by atoms with Gasteiger partial charge in [-0.1, -0.05) is 0 Å². The molecule has 1 aliphatic rings. The summed E-state index contributed by atoms with van der Waals surface area (Å²) in [5.41, 5.74) is -0.502. The van der Waals surface area contributed by atoms with Gasteiger partial charge in [-0.15, -0.1) is 0 Å². The van der Waals surface area contributed by atoms with Gasteiger partial charge in [-0.3, -0.25) is 19.3 Å². The Kier molecular flexibility index (Phi) is 18.8. The van der Waals surface area contributed by atoms with Gasteiger partial charge in [-0.2, -0.15) is 0 Å². The number of hydrogen-bond donors (Lipinski definition) is 0. The zero-order chi connectivity index (χ0) is 27.2. The highest BCUT2D eigenvalue weighted by atomic mass is 16.6. The molecule has 1 rings (SSSR count). The molecule has 12 heteroatoms. The monoisotopic (exact) mass is 533 g/mol. The maximum absolute atomic E-state index is 11.6. The first-order valence-electron chi connectivity index (χ1n) is 12.6. The number of carbonyl (C=O) groups is 3. The molecule has 0 aromatic rings. The summed E-state index contributed by atoms with van der Waals surface area (Å²) < 4.78 is 42.8. The Morgan fingerprint density at radius 1 is 0.568 bits per heavy atom. The molecule has 0 aliphatic carbocycles. The summed E-state index contributed by atoms with van der Waals surface area (Å²) in [5.74, 6) is -0.858. The van der Waals surface area contributed by atoms with Gasteiger partial charge in [0.1, 0.15) is 6.61 Å². The molecule has 0 saturated carbocycles. The van der Waals surface area contributed by atoms with Crippen molar-refractivity contribution >= 4 is 17.8 Å². The van der Waals surface area contributed by atoms with Gasteiger partial charge in [0, 0.05) is 12.2 Å². The lowest BCUT2D eigenvalue weighted by Gasteiger charge is -2.16. The van der Waals surface area contributed by atoms with E-state index in [0.29, 0.717) is 85.9 Å². The molecule has 0 fully saturated rings. The van der Waals surface area contributed by atoms with Crippen LogP contribution in [0, 0.1) is 5.41 Å².